The van der Waals surface area contributed by atoms with Gasteiger partial charge in [0.15, 0.2) is 23.1 Å². The quantitative estimate of drug-likeness (QED) is 0.248. The minimum absolute atomic E-state index is 0.0199. The number of nitrogens with two attached hydrogens (primary N) is 1. The Bertz CT molecular complexity index is 1310. The molecule has 1 atom stereocenters. The number of nitrogens with zero attached hydrogens (tertiary/aromatic N) is 2. The van der Waals surface area contributed by atoms with Crippen LogP contribution in [0, 0.1) is 5.41 Å². The van der Waals surface area contributed by atoms with Crippen molar-refractivity contribution in [2.24, 2.45) is 15.0 Å². The van der Waals surface area contributed by atoms with Crippen molar-refractivity contribution in [2.45, 2.75) is 26.8 Å². The van der Waals surface area contributed by atoms with Crippen molar-refractivity contribution in [3.05, 3.63) is 59.8 Å². The summed E-state index contributed by atoms with van der Waals surface area (Å²) in [6.45, 7) is 10.1. The lowest BCUT2D eigenvalue weighted by Crippen LogP contribution is -2.36. The number of nitrogens with one attached hydrogen (secondary N) is 2. The molecule has 1 amide bonds. The van der Waals surface area contributed by atoms with E-state index in [1.165, 1.54) is 23.1 Å². The zero-order chi connectivity index (χ0) is 26.8. The Morgan fingerprint density at radius 3 is 2.47 bits per heavy atom. The monoisotopic (exact) mass is 517 g/mol. The molecule has 36 heavy (non-hydrogen) atoms. The van der Waals surface area contributed by atoms with E-state index < -0.39 is 16.1 Å². The molecule has 11 nitrogen and oxygen atoms in total. The van der Waals surface area contributed by atoms with E-state index in [1.807, 2.05) is 32.9 Å². The summed E-state index contributed by atoms with van der Waals surface area (Å²) in [4.78, 5) is 13.7. The number of carbonyl (C=O) groups excluding carboxylic acids is 1. The number of aromatic hydroxyl groups is 1. The number of ether oxygens (including phenoxy) is 2. The van der Waals surface area contributed by atoms with Crippen molar-refractivity contribution in [3.63, 3.8) is 0 Å². The molecule has 0 saturated heterocycles. The summed E-state index contributed by atoms with van der Waals surface area (Å²) in [5, 5.41) is 21.9. The highest BCUT2D eigenvalue weighted by molar-refractivity contribution is 7.88. The average molecular weight is 518 g/mol. The van der Waals surface area contributed by atoms with Crippen LogP contribution in [0.3, 0.4) is 0 Å². The highest BCUT2D eigenvalue weighted by Crippen LogP contribution is 2.39. The van der Waals surface area contributed by atoms with Gasteiger partial charge < -0.3 is 30.1 Å². The maximum atomic E-state index is 12.4. The van der Waals surface area contributed by atoms with Gasteiger partial charge in [-0.05, 0) is 35.2 Å². The molecule has 12 heteroatoms. The number of amidine groups is 1. The normalized spacial score (nSPS) is 14.2. The molecule has 2 aromatic carbocycles. The zero-order valence-corrected chi connectivity index (χ0v) is 21.6. The molecule has 1 aliphatic rings. The van der Waals surface area contributed by atoms with Gasteiger partial charge in [-0.1, -0.05) is 39.5 Å². The molecule has 0 radical (unpaired) electrons. The van der Waals surface area contributed by atoms with E-state index in [4.69, 9.17) is 14.6 Å². The molecule has 0 unspecified atom stereocenters. The Morgan fingerprint density at radius 1 is 1.19 bits per heavy atom. The SMILES string of the molecule is C=C(N[C@@H](c1ccc2c(c1)OCO2)C(C)(C)C)C(=NS(N)(=O)=O)Nc1cccc(C(=O)N(C)C)c1O. The second-order valence-corrected chi connectivity index (χ2v) is 10.7. The Morgan fingerprint density at radius 2 is 1.86 bits per heavy atom. The fourth-order valence-corrected chi connectivity index (χ4v) is 4.01. The van der Waals surface area contributed by atoms with Crippen molar-refractivity contribution in [2.75, 3.05) is 26.2 Å². The average Bonchev–Trinajstić information content (AvgIpc) is 3.23. The first-order chi connectivity index (χ1) is 16.7. The van der Waals surface area contributed by atoms with E-state index in [9.17, 15) is 18.3 Å². The fourth-order valence-electron chi connectivity index (χ4n) is 3.60. The molecule has 1 heterocycles. The van der Waals surface area contributed by atoms with Crippen LogP contribution in [0.2, 0.25) is 0 Å². The molecule has 194 valence electrons. The van der Waals surface area contributed by atoms with Crippen LogP contribution in [0.4, 0.5) is 5.69 Å². The summed E-state index contributed by atoms with van der Waals surface area (Å²) in [5.41, 5.74) is 0.619. The topological polar surface area (TPSA) is 156 Å². The van der Waals surface area contributed by atoms with Crippen LogP contribution in [0.5, 0.6) is 17.2 Å². The molecule has 0 saturated carbocycles. The number of hydrogen-bond donors (Lipinski definition) is 4. The molecular formula is C24H31N5O6S. The van der Waals surface area contributed by atoms with Crippen LogP contribution < -0.4 is 25.2 Å². The third-order valence-corrected chi connectivity index (χ3v) is 5.78. The number of anilines is 1. The van der Waals surface area contributed by atoms with Crippen LogP contribution in [-0.4, -0.2) is 51.1 Å². The molecule has 3 rings (SSSR count). The van der Waals surface area contributed by atoms with E-state index in [0.717, 1.165) is 5.56 Å². The largest absolute Gasteiger partial charge is 0.505 e. The van der Waals surface area contributed by atoms with Crippen LogP contribution >= 0.6 is 0 Å². The predicted octanol–water partition coefficient (Wildman–Crippen LogP) is 2.73. The first-order valence-electron chi connectivity index (χ1n) is 11.0. The number of amides is 1. The lowest BCUT2D eigenvalue weighted by atomic mass is 9.82. The van der Waals surface area contributed by atoms with Gasteiger partial charge in [-0.25, -0.2) is 5.14 Å². The molecule has 0 aromatic heterocycles. The lowest BCUT2D eigenvalue weighted by molar-refractivity contribution is 0.0824. The number of hydrogen-bond acceptors (Lipinski definition) is 7. The van der Waals surface area contributed by atoms with Gasteiger partial charge in [0.25, 0.3) is 5.91 Å². The molecule has 5 N–H and O–H groups in total. The van der Waals surface area contributed by atoms with E-state index in [2.05, 4.69) is 21.6 Å². The summed E-state index contributed by atoms with van der Waals surface area (Å²) >= 11 is 0. The summed E-state index contributed by atoms with van der Waals surface area (Å²) in [6, 6.07) is 9.58. The number of para-hydroxylation sites is 1. The Labute approximate surface area is 210 Å². The maximum absolute atomic E-state index is 12.4. The van der Waals surface area contributed by atoms with Crippen LogP contribution in [0.15, 0.2) is 53.1 Å². The number of phenolic OH excluding ortho intramolecular Hbond substituents is 1. The van der Waals surface area contributed by atoms with Crippen LogP contribution in [0.25, 0.3) is 0 Å². The Kier molecular flexibility index (Phi) is 7.51. The van der Waals surface area contributed by atoms with Gasteiger partial charge in [-0.15, -0.1) is 4.40 Å². The Hall–Kier alpha value is -3.77. The molecule has 2 aromatic rings. The van der Waals surface area contributed by atoms with Crippen LogP contribution in [0.1, 0.15) is 42.7 Å². The molecule has 0 bridgehead atoms. The third kappa shape index (κ3) is 6.26. The van der Waals surface area contributed by atoms with Gasteiger partial charge >= 0.3 is 10.2 Å². The summed E-state index contributed by atoms with van der Waals surface area (Å²) in [5.74, 6) is 0.157. The smallest absolute Gasteiger partial charge is 0.319 e. The summed E-state index contributed by atoms with van der Waals surface area (Å²) in [6.07, 6.45) is 0. The predicted molar refractivity (Wildman–Crippen MR) is 137 cm³/mol. The van der Waals surface area contributed by atoms with Crippen molar-refractivity contribution in [1.82, 2.24) is 10.2 Å². The lowest BCUT2D eigenvalue weighted by Gasteiger charge is -2.34. The van der Waals surface area contributed by atoms with Gasteiger partial charge in [0.2, 0.25) is 6.79 Å². The van der Waals surface area contributed by atoms with Crippen LogP contribution in [-0.2, 0) is 10.2 Å². The minimum atomic E-state index is -4.35. The van der Waals surface area contributed by atoms with Gasteiger partial charge in [0.05, 0.1) is 23.0 Å². The second-order valence-electron chi connectivity index (χ2n) is 9.52. The molecule has 0 spiro atoms. The molecular weight excluding hydrogens is 486 g/mol. The van der Waals surface area contributed by atoms with Crippen molar-refractivity contribution >= 4 is 27.6 Å². The standard InChI is InChI=1S/C24H31N5O6S/c1-14(26-21(24(2,3)4)15-10-11-18-19(12-15)35-13-34-18)22(28-36(25,32)33)27-17-9-7-8-16(20(17)30)23(31)29(5)6/h7-12,21,26,30H,1,13H2,2-6H3,(H,27,28)(H2,25,32,33)/t21-/m0/s1. The summed E-state index contributed by atoms with van der Waals surface area (Å²) < 4.78 is 38.3. The van der Waals surface area contributed by atoms with E-state index in [-0.39, 0.29) is 46.8 Å². The summed E-state index contributed by atoms with van der Waals surface area (Å²) in [7, 11) is -1.26. The number of fused-ring (bicyclic) bond motifs is 1. The zero-order valence-electron chi connectivity index (χ0n) is 20.8. The number of phenols is 1. The highest BCUT2D eigenvalue weighted by atomic mass is 32.2. The number of carbonyl (C=O) groups is 1. The minimum Gasteiger partial charge on any atom is -0.505 e. The fraction of sp³-hybridized carbons (Fsp3) is 0.333. The maximum Gasteiger partial charge on any atom is 0.319 e. The van der Waals surface area contributed by atoms with Crippen molar-refractivity contribution < 1.29 is 27.8 Å². The van der Waals surface area contributed by atoms with E-state index >= 15 is 0 Å². The van der Waals surface area contributed by atoms with E-state index in [0.29, 0.717) is 11.5 Å². The second kappa shape index (κ2) is 10.1. The van der Waals surface area contributed by atoms with Gasteiger partial charge in [0, 0.05) is 14.1 Å². The van der Waals surface area contributed by atoms with Crippen molar-refractivity contribution in [3.8, 4) is 17.2 Å². The highest BCUT2D eigenvalue weighted by Gasteiger charge is 2.30. The molecule has 0 fully saturated rings. The molecule has 0 aliphatic carbocycles. The molecule has 1 aliphatic heterocycles. The third-order valence-electron chi connectivity index (χ3n) is 5.34. The number of rotatable bonds is 7. The van der Waals surface area contributed by atoms with Crippen molar-refractivity contribution in [1.29, 1.82) is 0 Å². The van der Waals surface area contributed by atoms with Gasteiger partial charge in [0.1, 0.15) is 0 Å². The Balaban J connectivity index is 1.97. The first-order valence-corrected chi connectivity index (χ1v) is 12.5. The number of benzene rings is 2. The van der Waals surface area contributed by atoms with Gasteiger partial charge in [-0.3, -0.25) is 4.79 Å². The van der Waals surface area contributed by atoms with Gasteiger partial charge in [-0.2, -0.15) is 8.42 Å². The first kappa shape index (κ1) is 26.8. The van der Waals surface area contributed by atoms with E-state index in [1.54, 1.807) is 20.2 Å².